The lowest BCUT2D eigenvalue weighted by Crippen LogP contribution is -2.34. The Morgan fingerprint density at radius 2 is 1.89 bits per heavy atom. The molecule has 1 aliphatic rings. The Balaban J connectivity index is 1.56. The standard InChI is InChI=1S/C23H27ClN2O/c1-17-4-3-15-26(16-17)22-12-8-20(9-13-22)18(2)25-23(27)14-7-19-5-10-21(24)11-6-19/h5-14,17-18H,3-4,15-16H2,1-2H3,(H,25,27)/b14-7+/t17-,18+/m1/s1. The molecule has 0 aliphatic carbocycles. The lowest BCUT2D eigenvalue weighted by molar-refractivity contribution is -0.117. The number of hydrogen-bond donors (Lipinski definition) is 1. The number of piperidine rings is 1. The molecular formula is C23H27ClN2O. The molecule has 0 radical (unpaired) electrons. The predicted molar refractivity (Wildman–Crippen MR) is 114 cm³/mol. The minimum atomic E-state index is -0.105. The first kappa shape index (κ1) is 19.5. The summed E-state index contributed by atoms with van der Waals surface area (Å²) in [5.74, 6) is 0.649. The number of hydrogen-bond acceptors (Lipinski definition) is 2. The summed E-state index contributed by atoms with van der Waals surface area (Å²) in [4.78, 5) is 14.6. The average molecular weight is 383 g/mol. The van der Waals surface area contributed by atoms with E-state index in [0.717, 1.165) is 30.1 Å². The van der Waals surface area contributed by atoms with E-state index >= 15 is 0 Å². The maximum Gasteiger partial charge on any atom is 0.244 e. The molecule has 1 N–H and O–H groups in total. The molecule has 1 amide bonds. The van der Waals surface area contributed by atoms with Gasteiger partial charge in [0.05, 0.1) is 6.04 Å². The fourth-order valence-electron chi connectivity index (χ4n) is 3.49. The van der Waals surface area contributed by atoms with Crippen LogP contribution in [0.1, 0.15) is 43.9 Å². The molecule has 1 fully saturated rings. The quantitative estimate of drug-likeness (QED) is 0.695. The summed E-state index contributed by atoms with van der Waals surface area (Å²) in [6.07, 6.45) is 5.93. The van der Waals surface area contributed by atoms with Gasteiger partial charge in [0.25, 0.3) is 0 Å². The van der Waals surface area contributed by atoms with Gasteiger partial charge in [-0.05, 0) is 67.2 Å². The second kappa shape index (κ2) is 9.09. The third-order valence-corrected chi connectivity index (χ3v) is 5.32. The van der Waals surface area contributed by atoms with Gasteiger partial charge in [0.2, 0.25) is 5.91 Å². The van der Waals surface area contributed by atoms with E-state index < -0.39 is 0 Å². The van der Waals surface area contributed by atoms with E-state index in [0.29, 0.717) is 5.02 Å². The lowest BCUT2D eigenvalue weighted by Gasteiger charge is -2.33. The van der Waals surface area contributed by atoms with Crippen LogP contribution in [0.4, 0.5) is 5.69 Å². The van der Waals surface area contributed by atoms with Crippen molar-refractivity contribution in [2.24, 2.45) is 5.92 Å². The van der Waals surface area contributed by atoms with Crippen molar-refractivity contribution in [2.45, 2.75) is 32.7 Å². The largest absolute Gasteiger partial charge is 0.371 e. The number of nitrogens with one attached hydrogen (secondary N) is 1. The van der Waals surface area contributed by atoms with E-state index in [-0.39, 0.29) is 11.9 Å². The smallest absolute Gasteiger partial charge is 0.244 e. The number of anilines is 1. The van der Waals surface area contributed by atoms with Crippen LogP contribution < -0.4 is 10.2 Å². The Kier molecular flexibility index (Phi) is 6.57. The van der Waals surface area contributed by atoms with Gasteiger partial charge in [-0.3, -0.25) is 4.79 Å². The zero-order valence-corrected chi connectivity index (χ0v) is 16.7. The number of nitrogens with zero attached hydrogens (tertiary/aromatic N) is 1. The summed E-state index contributed by atoms with van der Waals surface area (Å²) in [6.45, 7) is 6.58. The first-order chi connectivity index (χ1) is 13.0. The van der Waals surface area contributed by atoms with E-state index in [4.69, 9.17) is 11.6 Å². The number of carbonyl (C=O) groups is 1. The van der Waals surface area contributed by atoms with Crippen molar-refractivity contribution >= 4 is 29.3 Å². The Morgan fingerprint density at radius 3 is 2.56 bits per heavy atom. The van der Waals surface area contributed by atoms with Crippen LogP contribution >= 0.6 is 11.6 Å². The molecule has 0 spiro atoms. The number of rotatable bonds is 5. The second-order valence-corrected chi connectivity index (χ2v) is 7.84. The second-order valence-electron chi connectivity index (χ2n) is 7.40. The van der Waals surface area contributed by atoms with Gasteiger partial charge in [-0.1, -0.05) is 42.8 Å². The predicted octanol–water partition coefficient (Wildman–Crippen LogP) is 5.47. The molecule has 1 saturated heterocycles. The molecule has 3 nitrogen and oxygen atoms in total. The average Bonchev–Trinajstić information content (AvgIpc) is 2.67. The summed E-state index contributed by atoms with van der Waals surface area (Å²) in [7, 11) is 0. The van der Waals surface area contributed by atoms with Crippen LogP contribution in [0.25, 0.3) is 6.08 Å². The fraction of sp³-hybridized carbons (Fsp3) is 0.348. The maximum atomic E-state index is 12.2. The van der Waals surface area contributed by atoms with Crippen LogP contribution in [0.5, 0.6) is 0 Å². The van der Waals surface area contributed by atoms with Crippen molar-refractivity contribution in [1.29, 1.82) is 0 Å². The third-order valence-electron chi connectivity index (χ3n) is 5.07. The number of carbonyl (C=O) groups excluding carboxylic acids is 1. The van der Waals surface area contributed by atoms with Gasteiger partial charge in [0.15, 0.2) is 0 Å². The van der Waals surface area contributed by atoms with Gasteiger partial charge in [-0.2, -0.15) is 0 Å². The van der Waals surface area contributed by atoms with E-state index in [9.17, 15) is 4.79 Å². The number of benzene rings is 2. The van der Waals surface area contributed by atoms with Crippen molar-refractivity contribution in [3.63, 3.8) is 0 Å². The van der Waals surface area contributed by atoms with Crippen molar-refractivity contribution in [2.75, 3.05) is 18.0 Å². The Hall–Kier alpha value is -2.26. The van der Waals surface area contributed by atoms with Gasteiger partial charge in [-0.15, -0.1) is 0 Å². The lowest BCUT2D eigenvalue weighted by atomic mass is 9.99. The molecule has 0 saturated carbocycles. The van der Waals surface area contributed by atoms with Crippen LogP contribution in [0.2, 0.25) is 5.02 Å². The van der Waals surface area contributed by atoms with E-state index in [2.05, 4.69) is 41.4 Å². The molecule has 1 aliphatic heterocycles. The van der Waals surface area contributed by atoms with Gasteiger partial charge < -0.3 is 10.2 Å². The zero-order chi connectivity index (χ0) is 19.2. The highest BCUT2D eigenvalue weighted by molar-refractivity contribution is 6.30. The van der Waals surface area contributed by atoms with Crippen LogP contribution in [-0.2, 0) is 4.79 Å². The monoisotopic (exact) mass is 382 g/mol. The summed E-state index contributed by atoms with van der Waals surface area (Å²) in [5.41, 5.74) is 3.32. The van der Waals surface area contributed by atoms with Gasteiger partial charge in [-0.25, -0.2) is 0 Å². The molecule has 2 aromatic rings. The molecule has 1 heterocycles. The summed E-state index contributed by atoms with van der Waals surface area (Å²) >= 11 is 5.87. The third kappa shape index (κ3) is 5.61. The highest BCUT2D eigenvalue weighted by Gasteiger charge is 2.17. The molecule has 2 aromatic carbocycles. The molecule has 3 rings (SSSR count). The van der Waals surface area contributed by atoms with Crippen LogP contribution in [-0.4, -0.2) is 19.0 Å². The molecule has 0 bridgehead atoms. The Labute approximate surface area is 167 Å². The van der Waals surface area contributed by atoms with E-state index in [1.807, 2.05) is 31.2 Å². The SMILES string of the molecule is C[C@@H]1CCCN(c2ccc([C@H](C)NC(=O)/C=C/c3ccc(Cl)cc3)cc2)C1. The normalized spacial score (nSPS) is 18.5. The Bertz CT molecular complexity index is 783. The first-order valence-electron chi connectivity index (χ1n) is 9.60. The number of amides is 1. The van der Waals surface area contributed by atoms with Crippen molar-refractivity contribution in [1.82, 2.24) is 5.32 Å². The minimum absolute atomic E-state index is 0.0401. The van der Waals surface area contributed by atoms with Gasteiger partial charge in [0, 0.05) is 29.9 Å². The highest BCUT2D eigenvalue weighted by Crippen LogP contribution is 2.24. The molecule has 4 heteroatoms. The number of halogens is 1. The van der Waals surface area contributed by atoms with Crippen molar-refractivity contribution in [3.05, 3.63) is 70.8 Å². The summed E-state index contributed by atoms with van der Waals surface area (Å²) < 4.78 is 0. The maximum absolute atomic E-state index is 12.2. The van der Waals surface area contributed by atoms with E-state index in [1.165, 1.54) is 18.5 Å². The van der Waals surface area contributed by atoms with Crippen molar-refractivity contribution in [3.8, 4) is 0 Å². The molecular weight excluding hydrogens is 356 g/mol. The highest BCUT2D eigenvalue weighted by atomic mass is 35.5. The van der Waals surface area contributed by atoms with E-state index in [1.54, 1.807) is 12.2 Å². The first-order valence-corrected chi connectivity index (χ1v) is 9.98. The summed E-state index contributed by atoms with van der Waals surface area (Å²) in [6, 6.07) is 15.9. The van der Waals surface area contributed by atoms with Crippen LogP contribution in [0, 0.1) is 5.92 Å². The van der Waals surface area contributed by atoms with Gasteiger partial charge in [0.1, 0.15) is 0 Å². The van der Waals surface area contributed by atoms with Crippen molar-refractivity contribution < 1.29 is 4.79 Å². The van der Waals surface area contributed by atoms with Gasteiger partial charge >= 0.3 is 0 Å². The molecule has 2 atom stereocenters. The fourth-order valence-corrected chi connectivity index (χ4v) is 3.61. The molecule has 0 aromatic heterocycles. The zero-order valence-electron chi connectivity index (χ0n) is 16.0. The topological polar surface area (TPSA) is 32.3 Å². The molecule has 142 valence electrons. The minimum Gasteiger partial charge on any atom is -0.371 e. The molecule has 27 heavy (non-hydrogen) atoms. The van der Waals surface area contributed by atoms with Crippen LogP contribution in [0.15, 0.2) is 54.6 Å². The molecule has 0 unspecified atom stereocenters. The van der Waals surface area contributed by atoms with Crippen LogP contribution in [0.3, 0.4) is 0 Å². The Morgan fingerprint density at radius 1 is 1.19 bits per heavy atom. The summed E-state index contributed by atoms with van der Waals surface area (Å²) in [5, 5.41) is 3.71.